The lowest BCUT2D eigenvalue weighted by atomic mass is 10.1. The highest BCUT2D eigenvalue weighted by Crippen LogP contribution is 2.29. The van der Waals surface area contributed by atoms with Gasteiger partial charge in [-0.1, -0.05) is 24.0 Å². The lowest BCUT2D eigenvalue weighted by Crippen LogP contribution is -2.24. The second kappa shape index (κ2) is 9.51. The second-order valence-electron chi connectivity index (χ2n) is 8.34. The van der Waals surface area contributed by atoms with Gasteiger partial charge < -0.3 is 4.74 Å². The quantitative estimate of drug-likeness (QED) is 0.677. The minimum Gasteiger partial charge on any atom is -0.376 e. The van der Waals surface area contributed by atoms with Gasteiger partial charge in [0.05, 0.1) is 31.1 Å². The highest BCUT2D eigenvalue weighted by molar-refractivity contribution is 5.59. The zero-order valence-corrected chi connectivity index (χ0v) is 17.6. The summed E-state index contributed by atoms with van der Waals surface area (Å²) in [4.78, 5) is 6.98. The zero-order chi connectivity index (χ0) is 20.1. The van der Waals surface area contributed by atoms with E-state index >= 15 is 0 Å². The van der Waals surface area contributed by atoms with E-state index in [1.807, 2.05) is 17.1 Å². The zero-order valence-electron chi connectivity index (χ0n) is 17.6. The molecule has 2 aromatic heterocycles. The third kappa shape index (κ3) is 5.65. The van der Waals surface area contributed by atoms with Gasteiger partial charge in [-0.3, -0.25) is 9.88 Å². The number of aryl methyl sites for hydroxylation is 1. The van der Waals surface area contributed by atoms with E-state index in [1.165, 1.54) is 19.3 Å². The van der Waals surface area contributed by atoms with Crippen molar-refractivity contribution in [2.24, 2.45) is 5.92 Å². The molecular weight excluding hydrogens is 362 g/mol. The standard InChI is InChI=1S/C23H31N5O/c1-3-20-13-19(7-6-11-27(2)15-18-9-10-18)14-24-23(20)22-17-28(26-25-22)16-21-8-4-5-12-29-21/h13-14,17-18,21H,3-5,8-12,15-16H2,1-2H3/t21-/m1/s1. The van der Waals surface area contributed by atoms with E-state index in [4.69, 9.17) is 4.74 Å². The van der Waals surface area contributed by atoms with Crippen molar-refractivity contribution in [3.8, 4) is 23.2 Å². The normalized spacial score (nSPS) is 19.2. The summed E-state index contributed by atoms with van der Waals surface area (Å²) in [7, 11) is 2.15. The van der Waals surface area contributed by atoms with Gasteiger partial charge in [0.25, 0.3) is 0 Å². The van der Waals surface area contributed by atoms with Crippen LogP contribution < -0.4 is 0 Å². The smallest absolute Gasteiger partial charge is 0.131 e. The van der Waals surface area contributed by atoms with Crippen molar-refractivity contribution in [1.29, 1.82) is 0 Å². The molecule has 0 radical (unpaired) electrons. The molecule has 0 amide bonds. The second-order valence-corrected chi connectivity index (χ2v) is 8.34. The van der Waals surface area contributed by atoms with Gasteiger partial charge in [-0.15, -0.1) is 5.10 Å². The van der Waals surface area contributed by atoms with Crippen LogP contribution in [-0.2, 0) is 17.7 Å². The molecule has 0 N–H and O–H groups in total. The Bertz CT molecular complexity index is 871. The Labute approximate surface area is 173 Å². The highest BCUT2D eigenvalue weighted by Gasteiger charge is 2.22. The predicted octanol–water partition coefficient (Wildman–Crippen LogP) is 3.16. The van der Waals surface area contributed by atoms with Crippen LogP contribution in [0.2, 0.25) is 0 Å². The van der Waals surface area contributed by atoms with E-state index in [-0.39, 0.29) is 6.10 Å². The van der Waals surface area contributed by atoms with Crippen molar-refractivity contribution >= 4 is 0 Å². The fourth-order valence-electron chi connectivity index (χ4n) is 3.82. The maximum absolute atomic E-state index is 5.81. The summed E-state index contributed by atoms with van der Waals surface area (Å²) >= 11 is 0. The Hall–Kier alpha value is -2.23. The molecule has 6 heteroatoms. The fourth-order valence-corrected chi connectivity index (χ4v) is 3.82. The van der Waals surface area contributed by atoms with Gasteiger partial charge in [0.1, 0.15) is 5.69 Å². The van der Waals surface area contributed by atoms with Gasteiger partial charge in [-0.25, -0.2) is 4.68 Å². The van der Waals surface area contributed by atoms with Crippen molar-refractivity contribution in [2.75, 3.05) is 26.7 Å². The molecule has 1 saturated heterocycles. The summed E-state index contributed by atoms with van der Waals surface area (Å²) in [6.45, 7) is 5.71. The molecule has 0 bridgehead atoms. The third-order valence-corrected chi connectivity index (χ3v) is 5.64. The van der Waals surface area contributed by atoms with Crippen LogP contribution in [0.4, 0.5) is 0 Å². The summed E-state index contributed by atoms with van der Waals surface area (Å²) < 4.78 is 7.70. The Morgan fingerprint density at radius 1 is 1.28 bits per heavy atom. The van der Waals surface area contributed by atoms with Crippen LogP contribution in [0.1, 0.15) is 50.2 Å². The van der Waals surface area contributed by atoms with Crippen molar-refractivity contribution in [1.82, 2.24) is 24.9 Å². The number of hydrogen-bond acceptors (Lipinski definition) is 5. The van der Waals surface area contributed by atoms with Crippen LogP contribution in [0.25, 0.3) is 11.4 Å². The molecule has 1 aliphatic carbocycles. The number of pyridine rings is 1. The van der Waals surface area contributed by atoms with Crippen LogP contribution in [-0.4, -0.2) is 57.7 Å². The van der Waals surface area contributed by atoms with Crippen LogP contribution >= 0.6 is 0 Å². The number of hydrogen-bond donors (Lipinski definition) is 0. The van der Waals surface area contributed by atoms with Gasteiger partial charge in [-0.2, -0.15) is 0 Å². The average molecular weight is 394 g/mol. The van der Waals surface area contributed by atoms with Gasteiger partial charge in [-0.05, 0) is 63.1 Å². The molecule has 0 spiro atoms. The lowest BCUT2D eigenvalue weighted by molar-refractivity contribution is 0.00370. The van der Waals surface area contributed by atoms with Crippen LogP contribution in [0.3, 0.4) is 0 Å². The van der Waals surface area contributed by atoms with Crippen molar-refractivity contribution in [3.63, 3.8) is 0 Å². The number of rotatable bonds is 7. The minimum absolute atomic E-state index is 0.243. The van der Waals surface area contributed by atoms with Crippen LogP contribution in [0, 0.1) is 17.8 Å². The molecule has 1 saturated carbocycles. The van der Waals surface area contributed by atoms with E-state index in [2.05, 4.69) is 52.1 Å². The first-order valence-electron chi connectivity index (χ1n) is 10.9. The molecule has 6 nitrogen and oxygen atoms in total. The topological polar surface area (TPSA) is 56.1 Å². The van der Waals surface area contributed by atoms with Gasteiger partial charge in [0.2, 0.25) is 0 Å². The maximum atomic E-state index is 5.81. The lowest BCUT2D eigenvalue weighted by Gasteiger charge is -2.21. The molecule has 154 valence electrons. The Balaban J connectivity index is 1.41. The summed E-state index contributed by atoms with van der Waals surface area (Å²) in [5.41, 5.74) is 3.85. The molecule has 3 heterocycles. The molecule has 1 atom stereocenters. The van der Waals surface area contributed by atoms with E-state index in [9.17, 15) is 0 Å². The molecule has 1 aliphatic heterocycles. The van der Waals surface area contributed by atoms with Crippen molar-refractivity contribution < 1.29 is 4.74 Å². The van der Waals surface area contributed by atoms with Crippen molar-refractivity contribution in [3.05, 3.63) is 29.6 Å². The summed E-state index contributed by atoms with van der Waals surface area (Å²) in [5.74, 6) is 7.45. The van der Waals surface area contributed by atoms with Crippen LogP contribution in [0.5, 0.6) is 0 Å². The Morgan fingerprint density at radius 2 is 2.17 bits per heavy atom. The molecule has 2 aromatic rings. The van der Waals surface area contributed by atoms with E-state index in [0.29, 0.717) is 0 Å². The first-order chi connectivity index (χ1) is 14.2. The van der Waals surface area contributed by atoms with Gasteiger partial charge >= 0.3 is 0 Å². The SMILES string of the molecule is CCc1cc(C#CCN(C)CC2CC2)cnc1-c1cn(C[C@H]2CCCCO2)nn1. The van der Waals surface area contributed by atoms with Gasteiger partial charge in [0, 0.05) is 24.9 Å². The first-order valence-corrected chi connectivity index (χ1v) is 10.9. The Morgan fingerprint density at radius 3 is 2.93 bits per heavy atom. The van der Waals surface area contributed by atoms with E-state index in [0.717, 1.165) is 73.9 Å². The van der Waals surface area contributed by atoms with E-state index < -0.39 is 0 Å². The summed E-state index contributed by atoms with van der Waals surface area (Å²) in [6.07, 6.45) is 11.2. The van der Waals surface area contributed by atoms with Gasteiger partial charge in [0.15, 0.2) is 0 Å². The van der Waals surface area contributed by atoms with Crippen LogP contribution in [0.15, 0.2) is 18.5 Å². The predicted molar refractivity (Wildman–Crippen MR) is 113 cm³/mol. The number of aromatic nitrogens is 4. The monoisotopic (exact) mass is 393 g/mol. The van der Waals surface area contributed by atoms with E-state index in [1.54, 1.807) is 0 Å². The molecule has 2 aliphatic rings. The third-order valence-electron chi connectivity index (χ3n) is 5.64. The van der Waals surface area contributed by atoms with Crippen molar-refractivity contribution in [2.45, 2.75) is 58.1 Å². The first kappa shape index (κ1) is 20.1. The maximum Gasteiger partial charge on any atom is 0.131 e. The summed E-state index contributed by atoms with van der Waals surface area (Å²) in [5, 5.41) is 8.66. The number of ether oxygens (including phenoxy) is 1. The molecular formula is C23H31N5O. The molecule has 0 unspecified atom stereocenters. The largest absolute Gasteiger partial charge is 0.376 e. The number of nitrogens with zero attached hydrogens (tertiary/aromatic N) is 5. The minimum atomic E-state index is 0.243. The Kier molecular flexibility index (Phi) is 6.58. The molecule has 0 aromatic carbocycles. The molecule has 4 rings (SSSR count). The fraction of sp³-hybridized carbons (Fsp3) is 0.609. The molecule has 29 heavy (non-hydrogen) atoms. The summed E-state index contributed by atoms with van der Waals surface area (Å²) in [6, 6.07) is 2.14. The molecule has 2 fully saturated rings. The highest BCUT2D eigenvalue weighted by atomic mass is 16.5. The average Bonchev–Trinajstić information content (AvgIpc) is 3.43.